The molecule has 2 heterocycles. The number of aromatic nitrogens is 3. The van der Waals surface area contributed by atoms with Crippen molar-refractivity contribution in [2.75, 3.05) is 0 Å². The Hall–Kier alpha value is -6.58. The molecule has 8 aromatic carbocycles. The van der Waals surface area contributed by atoms with Crippen molar-refractivity contribution in [1.82, 2.24) is 14.5 Å². The van der Waals surface area contributed by atoms with Crippen LogP contribution in [0.5, 0.6) is 0 Å². The van der Waals surface area contributed by atoms with Crippen molar-refractivity contribution in [3.8, 4) is 39.5 Å². The van der Waals surface area contributed by atoms with Gasteiger partial charge in [0, 0.05) is 27.9 Å². The second-order valence-corrected chi connectivity index (χ2v) is 14.6. The largest absolute Gasteiger partial charge is 0.278 e. The highest BCUT2D eigenvalue weighted by atomic mass is 15.2. The van der Waals surface area contributed by atoms with E-state index in [-0.39, 0.29) is 5.41 Å². The van der Waals surface area contributed by atoms with Crippen LogP contribution in [0.2, 0.25) is 0 Å². The molecular weight excluding hydrogens is 631 g/mol. The van der Waals surface area contributed by atoms with Crippen molar-refractivity contribution in [2.24, 2.45) is 0 Å². The Labute approximate surface area is 301 Å². The number of hydrogen-bond acceptors (Lipinski definition) is 2. The summed E-state index contributed by atoms with van der Waals surface area (Å²) >= 11 is 0. The second kappa shape index (κ2) is 10.7. The van der Waals surface area contributed by atoms with Gasteiger partial charge >= 0.3 is 0 Å². The quantitative estimate of drug-likeness (QED) is 0.176. The highest BCUT2D eigenvalue weighted by Gasteiger charge is 2.36. The molecule has 0 fully saturated rings. The van der Waals surface area contributed by atoms with Gasteiger partial charge in [-0.2, -0.15) is 0 Å². The first-order valence-corrected chi connectivity index (χ1v) is 18.0. The molecule has 11 rings (SSSR count). The van der Waals surface area contributed by atoms with E-state index >= 15 is 0 Å². The smallest absolute Gasteiger partial charge is 0.235 e. The van der Waals surface area contributed by atoms with E-state index in [2.05, 4.69) is 170 Å². The Morgan fingerprint density at radius 3 is 1.79 bits per heavy atom. The molecule has 2 aromatic heterocycles. The van der Waals surface area contributed by atoms with Crippen molar-refractivity contribution in [1.29, 1.82) is 0 Å². The maximum Gasteiger partial charge on any atom is 0.235 e. The number of fused-ring (bicyclic) bond motifs is 12. The molecule has 0 N–H and O–H groups in total. The summed E-state index contributed by atoms with van der Waals surface area (Å²) in [5, 5.41) is 9.96. The third kappa shape index (κ3) is 4.08. The van der Waals surface area contributed by atoms with Crippen LogP contribution in [0, 0.1) is 0 Å². The zero-order chi connectivity index (χ0) is 34.6. The Morgan fingerprint density at radius 2 is 1.04 bits per heavy atom. The SMILES string of the molecule is CC1(C)c2ccc(-c3ccccc3)cc2-c2cc3c4ccccc4n(-c4nccc(-c5ccc6c7ccccc7c7ccccc7c6c5)n4)c3cc21. The Balaban J connectivity index is 1.11. The molecule has 0 saturated carbocycles. The van der Waals surface area contributed by atoms with Crippen molar-refractivity contribution in [3.63, 3.8) is 0 Å². The summed E-state index contributed by atoms with van der Waals surface area (Å²) in [6.07, 6.45) is 1.90. The van der Waals surface area contributed by atoms with E-state index < -0.39 is 0 Å². The zero-order valence-electron chi connectivity index (χ0n) is 28.9. The van der Waals surface area contributed by atoms with E-state index in [1.54, 1.807) is 0 Å². The van der Waals surface area contributed by atoms with E-state index in [1.807, 2.05) is 12.3 Å². The lowest BCUT2D eigenvalue weighted by Gasteiger charge is -2.22. The lowest BCUT2D eigenvalue weighted by molar-refractivity contribution is 0.661. The molecule has 52 heavy (non-hydrogen) atoms. The summed E-state index contributed by atoms with van der Waals surface area (Å²) in [5.74, 6) is 0.673. The van der Waals surface area contributed by atoms with Gasteiger partial charge in [0.25, 0.3) is 0 Å². The van der Waals surface area contributed by atoms with E-state index in [1.165, 1.54) is 76.5 Å². The molecule has 0 saturated heterocycles. The van der Waals surface area contributed by atoms with Crippen molar-refractivity contribution >= 4 is 54.1 Å². The zero-order valence-corrected chi connectivity index (χ0v) is 28.9. The Bertz CT molecular complexity index is 3060. The molecule has 244 valence electrons. The maximum absolute atomic E-state index is 5.30. The average Bonchev–Trinajstić information content (AvgIpc) is 3.64. The first-order chi connectivity index (χ1) is 25.5. The van der Waals surface area contributed by atoms with Crippen LogP contribution in [0.3, 0.4) is 0 Å². The van der Waals surface area contributed by atoms with Gasteiger partial charge in [-0.05, 0) is 102 Å². The summed E-state index contributed by atoms with van der Waals surface area (Å²) in [6, 6.07) is 57.4. The van der Waals surface area contributed by atoms with Crippen LogP contribution in [-0.4, -0.2) is 14.5 Å². The predicted molar refractivity (Wildman–Crippen MR) is 217 cm³/mol. The van der Waals surface area contributed by atoms with Gasteiger partial charge in [0.15, 0.2) is 0 Å². The third-order valence-corrected chi connectivity index (χ3v) is 11.5. The standard InChI is InChI=1S/C49H33N3/c1-49(2)43-23-21-31(30-12-4-3-5-13-30)26-40(43)41-28-42-38-18-10-11-19-46(38)52(47(42)29-44(41)49)48-50-25-24-45(51-48)32-20-22-37-35-16-7-6-14-33(35)34-15-8-9-17-36(34)39(37)27-32/h3-29H,1-2H3. The van der Waals surface area contributed by atoms with Crippen LogP contribution in [0.1, 0.15) is 25.0 Å². The number of rotatable bonds is 3. The van der Waals surface area contributed by atoms with Crippen LogP contribution in [-0.2, 0) is 5.41 Å². The molecule has 1 aliphatic rings. The first kappa shape index (κ1) is 29.2. The molecule has 0 aliphatic heterocycles. The number of para-hydroxylation sites is 1. The van der Waals surface area contributed by atoms with Gasteiger partial charge in [-0.1, -0.05) is 135 Å². The van der Waals surface area contributed by atoms with Crippen LogP contribution in [0.4, 0.5) is 0 Å². The molecule has 0 unspecified atom stereocenters. The molecule has 0 radical (unpaired) electrons. The molecule has 0 spiro atoms. The fourth-order valence-corrected chi connectivity index (χ4v) is 8.92. The molecule has 0 bridgehead atoms. The topological polar surface area (TPSA) is 30.7 Å². The fourth-order valence-electron chi connectivity index (χ4n) is 8.92. The minimum absolute atomic E-state index is 0.157. The molecule has 0 atom stereocenters. The van der Waals surface area contributed by atoms with Gasteiger partial charge in [0.2, 0.25) is 5.95 Å². The van der Waals surface area contributed by atoms with Crippen molar-refractivity contribution in [2.45, 2.75) is 19.3 Å². The third-order valence-electron chi connectivity index (χ3n) is 11.5. The summed E-state index contributed by atoms with van der Waals surface area (Å²) in [4.78, 5) is 10.2. The molecule has 3 nitrogen and oxygen atoms in total. The number of benzene rings is 8. The van der Waals surface area contributed by atoms with Crippen molar-refractivity contribution < 1.29 is 0 Å². The lowest BCUT2D eigenvalue weighted by atomic mass is 9.82. The van der Waals surface area contributed by atoms with E-state index in [0.717, 1.165) is 22.3 Å². The highest BCUT2D eigenvalue weighted by Crippen LogP contribution is 2.52. The minimum atomic E-state index is -0.157. The fraction of sp³-hybridized carbons (Fsp3) is 0.0612. The summed E-state index contributed by atoms with van der Waals surface area (Å²) in [6.45, 7) is 4.70. The average molecular weight is 664 g/mol. The van der Waals surface area contributed by atoms with Gasteiger partial charge in [-0.3, -0.25) is 4.57 Å². The summed E-state index contributed by atoms with van der Waals surface area (Å²) < 4.78 is 2.26. The Morgan fingerprint density at radius 1 is 0.423 bits per heavy atom. The first-order valence-electron chi connectivity index (χ1n) is 18.0. The van der Waals surface area contributed by atoms with Crippen LogP contribution in [0.25, 0.3) is 93.6 Å². The highest BCUT2D eigenvalue weighted by molar-refractivity contribution is 6.25. The second-order valence-electron chi connectivity index (χ2n) is 14.6. The number of nitrogens with zero attached hydrogens (tertiary/aromatic N) is 3. The van der Waals surface area contributed by atoms with E-state index in [0.29, 0.717) is 5.95 Å². The van der Waals surface area contributed by atoms with Gasteiger partial charge < -0.3 is 0 Å². The van der Waals surface area contributed by atoms with Crippen LogP contribution >= 0.6 is 0 Å². The monoisotopic (exact) mass is 663 g/mol. The van der Waals surface area contributed by atoms with Gasteiger partial charge in [-0.25, -0.2) is 9.97 Å². The van der Waals surface area contributed by atoms with Gasteiger partial charge in [0.1, 0.15) is 0 Å². The van der Waals surface area contributed by atoms with E-state index in [4.69, 9.17) is 9.97 Å². The summed E-state index contributed by atoms with van der Waals surface area (Å²) in [7, 11) is 0. The molecule has 10 aromatic rings. The van der Waals surface area contributed by atoms with Gasteiger partial charge in [0.05, 0.1) is 16.7 Å². The molecule has 1 aliphatic carbocycles. The number of hydrogen-bond donors (Lipinski definition) is 0. The molecule has 3 heteroatoms. The molecule has 0 amide bonds. The van der Waals surface area contributed by atoms with E-state index in [9.17, 15) is 0 Å². The lowest BCUT2D eigenvalue weighted by Crippen LogP contribution is -2.15. The van der Waals surface area contributed by atoms with Crippen LogP contribution < -0.4 is 0 Å². The Kier molecular flexibility index (Phi) is 6.01. The molecular formula is C49H33N3. The van der Waals surface area contributed by atoms with Crippen molar-refractivity contribution in [3.05, 3.63) is 175 Å². The summed E-state index contributed by atoms with van der Waals surface area (Å²) in [5.41, 5.74) is 11.8. The minimum Gasteiger partial charge on any atom is -0.278 e. The van der Waals surface area contributed by atoms with Crippen LogP contribution in [0.15, 0.2) is 164 Å². The normalized spacial score (nSPS) is 13.3. The van der Waals surface area contributed by atoms with Gasteiger partial charge in [-0.15, -0.1) is 0 Å². The predicted octanol–water partition coefficient (Wildman–Crippen LogP) is 12.7. The maximum atomic E-state index is 5.30.